The van der Waals surface area contributed by atoms with Crippen molar-refractivity contribution in [2.24, 2.45) is 23.0 Å². The molecule has 1 heterocycles. The maximum absolute atomic E-state index is 13.0. The first kappa shape index (κ1) is 15.8. The fourth-order valence-electron chi connectivity index (χ4n) is 3.93. The molecule has 0 aromatic carbocycles. The number of likely N-dealkylation sites (N-methyl/N-ethyl adjacent to an activating group) is 1. The summed E-state index contributed by atoms with van der Waals surface area (Å²) in [5.41, 5.74) is 5.57. The highest BCUT2D eigenvalue weighted by molar-refractivity contribution is 5.89. The van der Waals surface area contributed by atoms with Crippen LogP contribution in [0, 0.1) is 17.3 Å². The van der Waals surface area contributed by atoms with Crippen LogP contribution in [0.5, 0.6) is 0 Å². The lowest BCUT2D eigenvalue weighted by Crippen LogP contribution is -2.82. The number of amides is 1. The summed E-state index contributed by atoms with van der Waals surface area (Å²) in [4.78, 5) is 14.9. The fraction of sp³-hybridized carbons (Fsp3) is 0.938. The SMILES string of the molecule is CC(C)C(C)N(C)C(=O)C1(N)C2CCCOC2C1(C)C. The van der Waals surface area contributed by atoms with Gasteiger partial charge in [0.15, 0.2) is 0 Å². The molecule has 1 saturated carbocycles. The van der Waals surface area contributed by atoms with Crippen LogP contribution in [0.2, 0.25) is 0 Å². The van der Waals surface area contributed by atoms with Gasteiger partial charge in [-0.25, -0.2) is 0 Å². The van der Waals surface area contributed by atoms with Gasteiger partial charge in [-0.1, -0.05) is 27.7 Å². The third-order valence-electron chi connectivity index (χ3n) is 5.93. The normalized spacial score (nSPS) is 37.0. The van der Waals surface area contributed by atoms with Crippen molar-refractivity contribution in [2.75, 3.05) is 13.7 Å². The van der Waals surface area contributed by atoms with E-state index in [0.29, 0.717) is 5.92 Å². The molecule has 2 rings (SSSR count). The van der Waals surface area contributed by atoms with Gasteiger partial charge in [0.25, 0.3) is 0 Å². The van der Waals surface area contributed by atoms with E-state index in [9.17, 15) is 4.79 Å². The third kappa shape index (κ3) is 1.92. The quantitative estimate of drug-likeness (QED) is 0.861. The largest absolute Gasteiger partial charge is 0.377 e. The van der Waals surface area contributed by atoms with Crippen molar-refractivity contribution < 1.29 is 9.53 Å². The second-order valence-electron chi connectivity index (χ2n) is 7.53. The zero-order valence-corrected chi connectivity index (χ0v) is 13.8. The molecule has 20 heavy (non-hydrogen) atoms. The smallest absolute Gasteiger partial charge is 0.243 e. The molecule has 0 spiro atoms. The van der Waals surface area contributed by atoms with Crippen LogP contribution in [0.1, 0.15) is 47.5 Å². The summed E-state index contributed by atoms with van der Waals surface area (Å²) in [7, 11) is 1.88. The molecule has 4 unspecified atom stereocenters. The summed E-state index contributed by atoms with van der Waals surface area (Å²) in [6.07, 6.45) is 2.14. The lowest BCUT2D eigenvalue weighted by atomic mass is 9.46. The highest BCUT2D eigenvalue weighted by Crippen LogP contribution is 2.58. The molecule has 116 valence electrons. The number of hydrogen-bond acceptors (Lipinski definition) is 3. The van der Waals surface area contributed by atoms with E-state index in [0.717, 1.165) is 19.4 Å². The Morgan fingerprint density at radius 3 is 2.50 bits per heavy atom. The standard InChI is InChI=1S/C16H30N2O2/c1-10(2)11(3)18(6)14(19)16(17)12-8-7-9-20-13(12)15(16,4)5/h10-13H,7-9,17H2,1-6H3. The van der Waals surface area contributed by atoms with E-state index in [1.54, 1.807) is 0 Å². The van der Waals surface area contributed by atoms with E-state index in [1.165, 1.54) is 0 Å². The molecule has 4 heteroatoms. The van der Waals surface area contributed by atoms with E-state index >= 15 is 0 Å². The van der Waals surface area contributed by atoms with Crippen molar-refractivity contribution in [2.45, 2.75) is 65.1 Å². The molecule has 2 N–H and O–H groups in total. The van der Waals surface area contributed by atoms with E-state index < -0.39 is 5.54 Å². The monoisotopic (exact) mass is 282 g/mol. The van der Waals surface area contributed by atoms with Crippen LogP contribution in [0.25, 0.3) is 0 Å². The number of carbonyl (C=O) groups excluding carboxylic acids is 1. The minimum Gasteiger partial charge on any atom is -0.377 e. The molecule has 0 radical (unpaired) electrons. The van der Waals surface area contributed by atoms with E-state index in [2.05, 4.69) is 34.6 Å². The van der Waals surface area contributed by atoms with Gasteiger partial charge >= 0.3 is 0 Å². The predicted octanol–water partition coefficient (Wildman–Crippen LogP) is 2.02. The van der Waals surface area contributed by atoms with Gasteiger partial charge in [0.2, 0.25) is 5.91 Å². The molecule has 4 nitrogen and oxygen atoms in total. The van der Waals surface area contributed by atoms with Gasteiger partial charge in [-0.15, -0.1) is 0 Å². The zero-order chi connectivity index (χ0) is 15.3. The maximum Gasteiger partial charge on any atom is 0.243 e. The number of fused-ring (bicyclic) bond motifs is 1. The summed E-state index contributed by atoms with van der Waals surface area (Å²) in [5.74, 6) is 0.671. The molecule has 2 aliphatic rings. The number of carbonyl (C=O) groups is 1. The molecule has 1 aliphatic heterocycles. The molecule has 4 atom stereocenters. The topological polar surface area (TPSA) is 55.6 Å². The van der Waals surface area contributed by atoms with Crippen LogP contribution >= 0.6 is 0 Å². The lowest BCUT2D eigenvalue weighted by molar-refractivity contribution is -0.230. The summed E-state index contributed by atoms with van der Waals surface area (Å²) in [6, 6.07) is 0.197. The molecule has 2 fully saturated rings. The van der Waals surface area contributed by atoms with Gasteiger partial charge in [0, 0.05) is 31.0 Å². The number of ether oxygens (including phenoxy) is 1. The number of rotatable bonds is 3. The van der Waals surface area contributed by atoms with Gasteiger partial charge in [-0.2, -0.15) is 0 Å². The lowest BCUT2D eigenvalue weighted by Gasteiger charge is -2.66. The second kappa shape index (κ2) is 4.99. The van der Waals surface area contributed by atoms with Crippen molar-refractivity contribution >= 4 is 5.91 Å². The van der Waals surface area contributed by atoms with Crippen LogP contribution in [0.15, 0.2) is 0 Å². The van der Waals surface area contributed by atoms with E-state index in [1.807, 2.05) is 11.9 Å². The first-order valence-corrected chi connectivity index (χ1v) is 7.83. The Morgan fingerprint density at radius 1 is 1.35 bits per heavy atom. The minimum absolute atomic E-state index is 0.0791. The molecular formula is C16H30N2O2. The Bertz CT molecular complexity index is 394. The Hall–Kier alpha value is -0.610. The first-order chi connectivity index (χ1) is 9.15. The fourth-order valence-corrected chi connectivity index (χ4v) is 3.93. The Labute approximate surface area is 123 Å². The summed E-state index contributed by atoms with van der Waals surface area (Å²) < 4.78 is 5.87. The van der Waals surface area contributed by atoms with Crippen molar-refractivity contribution in [1.29, 1.82) is 0 Å². The van der Waals surface area contributed by atoms with Gasteiger partial charge < -0.3 is 15.4 Å². The molecule has 1 amide bonds. The number of nitrogens with two attached hydrogens (primary N) is 1. The summed E-state index contributed by atoms with van der Waals surface area (Å²) in [5, 5.41) is 0. The van der Waals surface area contributed by atoms with Crippen LogP contribution in [-0.2, 0) is 9.53 Å². The summed E-state index contributed by atoms with van der Waals surface area (Å²) >= 11 is 0. The van der Waals surface area contributed by atoms with Crippen molar-refractivity contribution in [3.63, 3.8) is 0 Å². The maximum atomic E-state index is 13.0. The van der Waals surface area contributed by atoms with Crippen LogP contribution in [-0.4, -0.2) is 42.1 Å². The van der Waals surface area contributed by atoms with Gasteiger partial charge in [-0.05, 0) is 25.7 Å². The van der Waals surface area contributed by atoms with E-state index in [-0.39, 0.29) is 29.4 Å². The Morgan fingerprint density at radius 2 is 1.95 bits per heavy atom. The van der Waals surface area contributed by atoms with Gasteiger partial charge in [0.1, 0.15) is 5.54 Å². The number of hydrogen-bond donors (Lipinski definition) is 1. The molecular weight excluding hydrogens is 252 g/mol. The zero-order valence-electron chi connectivity index (χ0n) is 13.8. The average Bonchev–Trinajstić information content (AvgIpc) is 2.43. The van der Waals surface area contributed by atoms with Crippen LogP contribution in [0.4, 0.5) is 0 Å². The molecule has 1 aliphatic carbocycles. The average molecular weight is 282 g/mol. The van der Waals surface area contributed by atoms with Gasteiger partial charge in [-0.3, -0.25) is 4.79 Å². The van der Waals surface area contributed by atoms with Crippen molar-refractivity contribution in [3.05, 3.63) is 0 Å². The van der Waals surface area contributed by atoms with Crippen molar-refractivity contribution in [1.82, 2.24) is 4.90 Å². The van der Waals surface area contributed by atoms with E-state index in [4.69, 9.17) is 10.5 Å². The second-order valence-corrected chi connectivity index (χ2v) is 7.53. The highest BCUT2D eigenvalue weighted by atomic mass is 16.5. The third-order valence-corrected chi connectivity index (χ3v) is 5.93. The highest BCUT2D eigenvalue weighted by Gasteiger charge is 2.70. The minimum atomic E-state index is -0.782. The number of nitrogens with zero attached hydrogens (tertiary/aromatic N) is 1. The Balaban J connectivity index is 2.23. The Kier molecular flexibility index (Phi) is 3.93. The molecule has 1 saturated heterocycles. The van der Waals surface area contributed by atoms with Gasteiger partial charge in [0.05, 0.1) is 6.10 Å². The summed E-state index contributed by atoms with van der Waals surface area (Å²) in [6.45, 7) is 11.3. The van der Waals surface area contributed by atoms with Crippen LogP contribution < -0.4 is 5.73 Å². The van der Waals surface area contributed by atoms with Crippen LogP contribution in [0.3, 0.4) is 0 Å². The molecule has 0 bridgehead atoms. The van der Waals surface area contributed by atoms with Crippen molar-refractivity contribution in [3.8, 4) is 0 Å². The molecule has 0 aromatic rings. The predicted molar refractivity (Wildman–Crippen MR) is 80.2 cm³/mol. The first-order valence-electron chi connectivity index (χ1n) is 7.83. The molecule has 0 aromatic heterocycles.